The standard InChI is InChI=1S/C21H31N3O2/c1-4-23-15(2)12-18(16(23)3)20(26)22-11-5-9-21(13-22)10-8-19(25)24(14-21)17-6-7-17/h12,17H,4-11,13-14H2,1-3H3/t21-/m1/s1. The van der Waals surface area contributed by atoms with Crippen LogP contribution in [0.5, 0.6) is 0 Å². The van der Waals surface area contributed by atoms with Crippen LogP contribution in [0.2, 0.25) is 0 Å². The van der Waals surface area contributed by atoms with Crippen LogP contribution in [-0.4, -0.2) is 51.9 Å². The average molecular weight is 357 g/mol. The topological polar surface area (TPSA) is 45.6 Å². The maximum Gasteiger partial charge on any atom is 0.255 e. The lowest BCUT2D eigenvalue weighted by Gasteiger charge is -2.48. The van der Waals surface area contributed by atoms with Crippen molar-refractivity contribution in [1.82, 2.24) is 14.4 Å². The van der Waals surface area contributed by atoms with Crippen molar-refractivity contribution in [3.05, 3.63) is 23.0 Å². The summed E-state index contributed by atoms with van der Waals surface area (Å²) in [5.74, 6) is 0.500. The second-order valence-corrected chi connectivity index (χ2v) is 8.61. The van der Waals surface area contributed by atoms with Gasteiger partial charge in [0.1, 0.15) is 0 Å². The molecule has 1 spiro atoms. The zero-order valence-electron chi connectivity index (χ0n) is 16.4. The summed E-state index contributed by atoms with van der Waals surface area (Å²) in [5.41, 5.74) is 3.20. The number of aryl methyl sites for hydroxylation is 1. The molecule has 0 bridgehead atoms. The molecule has 1 aromatic heterocycles. The predicted molar refractivity (Wildman–Crippen MR) is 101 cm³/mol. The van der Waals surface area contributed by atoms with Gasteiger partial charge in [-0.2, -0.15) is 0 Å². The molecule has 1 aromatic rings. The molecule has 5 nitrogen and oxygen atoms in total. The lowest BCUT2D eigenvalue weighted by Crippen LogP contribution is -2.55. The summed E-state index contributed by atoms with van der Waals surface area (Å²) in [6.45, 7) is 9.64. The Bertz CT molecular complexity index is 734. The van der Waals surface area contributed by atoms with Gasteiger partial charge in [-0.3, -0.25) is 9.59 Å². The van der Waals surface area contributed by atoms with Crippen LogP contribution in [0.15, 0.2) is 6.07 Å². The third kappa shape index (κ3) is 2.95. The van der Waals surface area contributed by atoms with Crippen molar-refractivity contribution in [3.8, 4) is 0 Å². The third-order valence-electron chi connectivity index (χ3n) is 6.75. The molecule has 2 amide bonds. The fourth-order valence-corrected chi connectivity index (χ4v) is 5.15. The summed E-state index contributed by atoms with van der Waals surface area (Å²) in [6, 6.07) is 2.53. The monoisotopic (exact) mass is 357 g/mol. The Balaban J connectivity index is 1.53. The summed E-state index contributed by atoms with van der Waals surface area (Å²) in [5, 5.41) is 0. The number of rotatable bonds is 3. The highest BCUT2D eigenvalue weighted by Crippen LogP contribution is 2.42. The first-order valence-corrected chi connectivity index (χ1v) is 10.2. The van der Waals surface area contributed by atoms with E-state index in [2.05, 4.69) is 35.1 Å². The molecule has 5 heteroatoms. The van der Waals surface area contributed by atoms with Gasteiger partial charge >= 0.3 is 0 Å². The Morgan fingerprint density at radius 2 is 2.00 bits per heavy atom. The van der Waals surface area contributed by atoms with E-state index in [9.17, 15) is 9.59 Å². The molecular weight excluding hydrogens is 326 g/mol. The van der Waals surface area contributed by atoms with Crippen LogP contribution in [-0.2, 0) is 11.3 Å². The average Bonchev–Trinajstić information content (AvgIpc) is 3.43. The number of likely N-dealkylation sites (tertiary alicyclic amines) is 2. The minimum absolute atomic E-state index is 0.112. The normalized spacial score (nSPS) is 26.7. The van der Waals surface area contributed by atoms with E-state index in [1.807, 2.05) is 6.07 Å². The van der Waals surface area contributed by atoms with E-state index in [-0.39, 0.29) is 11.3 Å². The minimum atomic E-state index is 0.112. The number of carbonyl (C=O) groups excluding carboxylic acids is 2. The highest BCUT2D eigenvalue weighted by molar-refractivity contribution is 5.96. The first kappa shape index (κ1) is 17.6. The van der Waals surface area contributed by atoms with E-state index in [1.54, 1.807) is 0 Å². The lowest BCUT2D eigenvalue weighted by atomic mass is 9.73. The molecule has 0 unspecified atom stereocenters. The van der Waals surface area contributed by atoms with Crippen LogP contribution in [0, 0.1) is 19.3 Å². The number of aromatic nitrogens is 1. The summed E-state index contributed by atoms with van der Waals surface area (Å²) in [7, 11) is 0. The van der Waals surface area contributed by atoms with Crippen LogP contribution in [0.4, 0.5) is 0 Å². The van der Waals surface area contributed by atoms with E-state index < -0.39 is 0 Å². The van der Waals surface area contributed by atoms with Gasteiger partial charge in [0, 0.05) is 55.4 Å². The summed E-state index contributed by atoms with van der Waals surface area (Å²) < 4.78 is 2.21. The fraction of sp³-hybridized carbons (Fsp3) is 0.714. The molecule has 3 aliphatic rings. The van der Waals surface area contributed by atoms with Crippen LogP contribution in [0.3, 0.4) is 0 Å². The molecule has 1 aliphatic carbocycles. The van der Waals surface area contributed by atoms with Crippen molar-refractivity contribution in [2.45, 2.75) is 71.9 Å². The van der Waals surface area contributed by atoms with Crippen LogP contribution < -0.4 is 0 Å². The van der Waals surface area contributed by atoms with Gasteiger partial charge in [0.2, 0.25) is 5.91 Å². The molecular formula is C21H31N3O2. The predicted octanol–water partition coefficient (Wildman–Crippen LogP) is 3.13. The summed E-state index contributed by atoms with van der Waals surface area (Å²) in [4.78, 5) is 29.7. The van der Waals surface area contributed by atoms with E-state index in [0.29, 0.717) is 18.4 Å². The van der Waals surface area contributed by atoms with Crippen LogP contribution in [0.25, 0.3) is 0 Å². The number of hydrogen-bond donors (Lipinski definition) is 0. The van der Waals surface area contributed by atoms with Crippen molar-refractivity contribution in [2.24, 2.45) is 5.41 Å². The first-order chi connectivity index (χ1) is 12.4. The van der Waals surface area contributed by atoms with Gasteiger partial charge < -0.3 is 14.4 Å². The Morgan fingerprint density at radius 3 is 2.65 bits per heavy atom. The van der Waals surface area contributed by atoms with E-state index in [4.69, 9.17) is 0 Å². The largest absolute Gasteiger partial charge is 0.349 e. The highest BCUT2D eigenvalue weighted by Gasteiger charge is 2.46. The molecule has 2 saturated heterocycles. The summed E-state index contributed by atoms with van der Waals surface area (Å²) in [6.07, 6.45) is 6.10. The fourth-order valence-electron chi connectivity index (χ4n) is 5.15. The molecule has 3 fully saturated rings. The molecule has 1 saturated carbocycles. The van der Waals surface area contributed by atoms with Crippen molar-refractivity contribution >= 4 is 11.8 Å². The van der Waals surface area contributed by atoms with Crippen molar-refractivity contribution in [2.75, 3.05) is 19.6 Å². The van der Waals surface area contributed by atoms with Gasteiger partial charge in [0.15, 0.2) is 0 Å². The molecule has 0 radical (unpaired) electrons. The maximum absolute atomic E-state index is 13.3. The van der Waals surface area contributed by atoms with Crippen molar-refractivity contribution < 1.29 is 9.59 Å². The summed E-state index contributed by atoms with van der Waals surface area (Å²) >= 11 is 0. The zero-order valence-corrected chi connectivity index (χ0v) is 16.4. The smallest absolute Gasteiger partial charge is 0.255 e. The number of piperidine rings is 2. The van der Waals surface area contributed by atoms with E-state index in [0.717, 1.165) is 75.2 Å². The molecule has 4 rings (SSSR count). The Kier molecular flexibility index (Phi) is 4.36. The van der Waals surface area contributed by atoms with Crippen molar-refractivity contribution in [1.29, 1.82) is 0 Å². The van der Waals surface area contributed by atoms with Gasteiger partial charge in [-0.15, -0.1) is 0 Å². The van der Waals surface area contributed by atoms with E-state index in [1.165, 1.54) is 0 Å². The van der Waals surface area contributed by atoms with Gasteiger partial charge in [0.25, 0.3) is 5.91 Å². The molecule has 26 heavy (non-hydrogen) atoms. The molecule has 3 heterocycles. The van der Waals surface area contributed by atoms with Crippen molar-refractivity contribution in [3.63, 3.8) is 0 Å². The maximum atomic E-state index is 13.3. The van der Waals surface area contributed by atoms with Gasteiger partial charge in [-0.1, -0.05) is 0 Å². The van der Waals surface area contributed by atoms with Gasteiger partial charge in [-0.05, 0) is 58.9 Å². The molecule has 0 N–H and O–H groups in total. The second kappa shape index (κ2) is 6.43. The first-order valence-electron chi connectivity index (χ1n) is 10.2. The number of hydrogen-bond acceptors (Lipinski definition) is 2. The van der Waals surface area contributed by atoms with Gasteiger partial charge in [-0.25, -0.2) is 0 Å². The number of amides is 2. The highest BCUT2D eigenvalue weighted by atomic mass is 16.2. The van der Waals surface area contributed by atoms with E-state index >= 15 is 0 Å². The molecule has 1 atom stereocenters. The second-order valence-electron chi connectivity index (χ2n) is 8.61. The number of nitrogens with zero attached hydrogens (tertiary/aromatic N) is 3. The molecule has 0 aromatic carbocycles. The zero-order chi connectivity index (χ0) is 18.5. The number of carbonyl (C=O) groups is 2. The van der Waals surface area contributed by atoms with Crippen LogP contribution >= 0.6 is 0 Å². The molecule has 142 valence electrons. The SMILES string of the molecule is CCn1c(C)cc(C(=O)N2CCC[C@@]3(CCC(=O)N(C4CC4)C3)C2)c1C. The van der Waals surface area contributed by atoms with Gasteiger partial charge in [0.05, 0.1) is 5.56 Å². The molecule has 2 aliphatic heterocycles. The Labute approximate surface area is 156 Å². The van der Waals surface area contributed by atoms with Crippen LogP contribution in [0.1, 0.15) is 67.2 Å². The quantitative estimate of drug-likeness (QED) is 0.834. The third-order valence-corrected chi connectivity index (χ3v) is 6.75. The minimum Gasteiger partial charge on any atom is -0.349 e. The lowest BCUT2D eigenvalue weighted by molar-refractivity contribution is -0.139. The Hall–Kier alpha value is -1.78. The Morgan fingerprint density at radius 1 is 1.23 bits per heavy atom.